The fourth-order valence-electron chi connectivity index (χ4n) is 3.98. The number of hydrogen-bond donors (Lipinski definition) is 1. The number of nitrogens with zero attached hydrogens (tertiary/aromatic N) is 3. The summed E-state index contributed by atoms with van der Waals surface area (Å²) in [5.41, 5.74) is 0.675. The van der Waals surface area contributed by atoms with Crippen LogP contribution in [0.1, 0.15) is 17.0 Å². The molecule has 4 rings (SSSR count). The summed E-state index contributed by atoms with van der Waals surface area (Å²) < 4.78 is 11.2. The standard InChI is InChI=1S/C22H27ClN4O4/c23-17-4-1-5-18(14-17)24-22(29)27-11-13-30-19(16-27)15-25-7-3-8-26(10-9-25)21(28)20-6-2-12-31-20/h1-2,4-6,12,14,19H,3,7-11,13,15-16H2,(H,24,29)/t19-/m1/s1. The fourth-order valence-corrected chi connectivity index (χ4v) is 4.17. The molecule has 1 N–H and O–H groups in total. The zero-order valence-electron chi connectivity index (χ0n) is 17.3. The second-order valence-corrected chi connectivity index (χ2v) is 8.24. The van der Waals surface area contributed by atoms with Crippen LogP contribution in [0.15, 0.2) is 47.1 Å². The maximum Gasteiger partial charge on any atom is 0.322 e. The van der Waals surface area contributed by atoms with Gasteiger partial charge < -0.3 is 24.3 Å². The molecule has 0 spiro atoms. The normalized spacial score (nSPS) is 20.4. The molecular weight excluding hydrogens is 420 g/mol. The van der Waals surface area contributed by atoms with Gasteiger partial charge in [0, 0.05) is 50.0 Å². The Kier molecular flexibility index (Phi) is 7.11. The Morgan fingerprint density at radius 2 is 1.97 bits per heavy atom. The second kappa shape index (κ2) is 10.2. The van der Waals surface area contributed by atoms with Gasteiger partial charge in [0.1, 0.15) is 0 Å². The molecule has 1 aromatic carbocycles. The number of ether oxygens (including phenoxy) is 1. The first kappa shape index (κ1) is 21.7. The van der Waals surface area contributed by atoms with E-state index >= 15 is 0 Å². The summed E-state index contributed by atoms with van der Waals surface area (Å²) in [6.45, 7) is 5.30. The van der Waals surface area contributed by atoms with Crippen LogP contribution in [0.4, 0.5) is 10.5 Å². The molecule has 0 aliphatic carbocycles. The van der Waals surface area contributed by atoms with Crippen molar-refractivity contribution in [1.29, 1.82) is 0 Å². The number of amides is 3. The first-order chi connectivity index (χ1) is 15.1. The van der Waals surface area contributed by atoms with Gasteiger partial charge in [-0.25, -0.2) is 4.79 Å². The van der Waals surface area contributed by atoms with Gasteiger partial charge in [0.05, 0.1) is 19.0 Å². The number of halogens is 1. The van der Waals surface area contributed by atoms with Crippen molar-refractivity contribution in [3.05, 3.63) is 53.4 Å². The topological polar surface area (TPSA) is 78.3 Å². The molecular formula is C22H27ClN4O4. The highest BCUT2D eigenvalue weighted by Crippen LogP contribution is 2.17. The average molecular weight is 447 g/mol. The molecule has 166 valence electrons. The largest absolute Gasteiger partial charge is 0.459 e. The molecule has 8 nitrogen and oxygen atoms in total. The third kappa shape index (κ3) is 5.78. The highest BCUT2D eigenvalue weighted by Gasteiger charge is 2.28. The van der Waals surface area contributed by atoms with E-state index in [4.69, 9.17) is 20.8 Å². The number of carbonyl (C=O) groups excluding carboxylic acids is 2. The van der Waals surface area contributed by atoms with Crippen LogP contribution in [-0.4, -0.2) is 85.2 Å². The highest BCUT2D eigenvalue weighted by molar-refractivity contribution is 6.30. The number of urea groups is 1. The minimum Gasteiger partial charge on any atom is -0.459 e. The third-order valence-corrected chi connectivity index (χ3v) is 5.81. The molecule has 31 heavy (non-hydrogen) atoms. The van der Waals surface area contributed by atoms with Gasteiger partial charge in [-0.2, -0.15) is 0 Å². The van der Waals surface area contributed by atoms with Crippen molar-refractivity contribution < 1.29 is 18.7 Å². The van der Waals surface area contributed by atoms with Crippen molar-refractivity contribution in [3.63, 3.8) is 0 Å². The van der Waals surface area contributed by atoms with Crippen molar-refractivity contribution in [1.82, 2.24) is 14.7 Å². The minimum atomic E-state index is -0.151. The molecule has 2 fully saturated rings. The SMILES string of the molecule is O=C(Nc1cccc(Cl)c1)N1CCO[C@H](CN2CCCN(C(=O)c3ccco3)CC2)C1. The van der Waals surface area contributed by atoms with E-state index in [2.05, 4.69) is 10.2 Å². The Bertz CT molecular complexity index is 891. The quantitative estimate of drug-likeness (QED) is 0.781. The lowest BCUT2D eigenvalue weighted by Gasteiger charge is -2.35. The molecule has 1 atom stereocenters. The number of hydrogen-bond acceptors (Lipinski definition) is 5. The molecule has 9 heteroatoms. The Balaban J connectivity index is 1.27. The molecule has 0 radical (unpaired) electrons. The lowest BCUT2D eigenvalue weighted by molar-refractivity contribution is -0.0283. The molecule has 2 aliphatic heterocycles. The predicted molar refractivity (Wildman–Crippen MR) is 117 cm³/mol. The summed E-state index contributed by atoms with van der Waals surface area (Å²) in [4.78, 5) is 31.1. The Morgan fingerprint density at radius 3 is 2.77 bits per heavy atom. The summed E-state index contributed by atoms with van der Waals surface area (Å²) in [6, 6.07) is 10.4. The van der Waals surface area contributed by atoms with Gasteiger partial charge in [-0.3, -0.25) is 9.69 Å². The lowest BCUT2D eigenvalue weighted by Crippen LogP contribution is -2.51. The highest BCUT2D eigenvalue weighted by atomic mass is 35.5. The Hall–Kier alpha value is -2.55. The van der Waals surface area contributed by atoms with Crippen LogP contribution in [0.2, 0.25) is 5.02 Å². The molecule has 1 aromatic heterocycles. The van der Waals surface area contributed by atoms with Crippen LogP contribution in [0.5, 0.6) is 0 Å². The van der Waals surface area contributed by atoms with Crippen molar-refractivity contribution in [2.75, 3.05) is 57.7 Å². The molecule has 3 amide bonds. The van der Waals surface area contributed by atoms with Gasteiger partial charge in [0.2, 0.25) is 0 Å². The fraction of sp³-hybridized carbons (Fsp3) is 0.455. The van der Waals surface area contributed by atoms with Crippen LogP contribution in [0, 0.1) is 0 Å². The van der Waals surface area contributed by atoms with E-state index in [1.807, 2.05) is 11.0 Å². The number of anilines is 1. The van der Waals surface area contributed by atoms with Gasteiger partial charge in [0.25, 0.3) is 5.91 Å². The first-order valence-electron chi connectivity index (χ1n) is 10.6. The van der Waals surface area contributed by atoms with Crippen molar-refractivity contribution >= 4 is 29.2 Å². The summed E-state index contributed by atoms with van der Waals surface area (Å²) in [5.74, 6) is 0.315. The maximum absolute atomic E-state index is 12.7. The molecule has 2 aromatic rings. The molecule has 0 bridgehead atoms. The third-order valence-electron chi connectivity index (χ3n) is 5.57. The maximum atomic E-state index is 12.7. The molecule has 0 saturated carbocycles. The zero-order chi connectivity index (χ0) is 21.6. The Morgan fingerprint density at radius 1 is 1.06 bits per heavy atom. The van der Waals surface area contributed by atoms with Gasteiger partial charge in [-0.15, -0.1) is 0 Å². The van der Waals surface area contributed by atoms with Crippen LogP contribution < -0.4 is 5.32 Å². The smallest absolute Gasteiger partial charge is 0.322 e. The number of carbonyl (C=O) groups is 2. The van der Waals surface area contributed by atoms with Gasteiger partial charge in [0.15, 0.2) is 5.76 Å². The number of morpholine rings is 1. The molecule has 2 saturated heterocycles. The van der Waals surface area contributed by atoms with Crippen LogP contribution in [0.25, 0.3) is 0 Å². The van der Waals surface area contributed by atoms with Gasteiger partial charge in [-0.05, 0) is 43.3 Å². The van der Waals surface area contributed by atoms with Gasteiger partial charge in [-0.1, -0.05) is 17.7 Å². The van der Waals surface area contributed by atoms with E-state index in [1.165, 1.54) is 6.26 Å². The van der Waals surface area contributed by atoms with Crippen LogP contribution in [-0.2, 0) is 4.74 Å². The number of benzene rings is 1. The lowest BCUT2D eigenvalue weighted by atomic mass is 10.2. The summed E-state index contributed by atoms with van der Waals surface area (Å²) in [7, 11) is 0. The molecule has 3 heterocycles. The Labute approximate surface area is 186 Å². The van der Waals surface area contributed by atoms with Crippen LogP contribution >= 0.6 is 11.6 Å². The van der Waals surface area contributed by atoms with Gasteiger partial charge >= 0.3 is 6.03 Å². The predicted octanol–water partition coefficient (Wildman–Crippen LogP) is 3.01. The number of furan rings is 1. The van der Waals surface area contributed by atoms with Crippen molar-refractivity contribution in [2.24, 2.45) is 0 Å². The zero-order valence-corrected chi connectivity index (χ0v) is 18.1. The van der Waals surface area contributed by atoms with E-state index < -0.39 is 0 Å². The van der Waals surface area contributed by atoms with E-state index in [1.54, 1.807) is 35.2 Å². The monoisotopic (exact) mass is 446 g/mol. The van der Waals surface area contributed by atoms with E-state index in [0.717, 1.165) is 26.1 Å². The minimum absolute atomic E-state index is 0.0637. The van der Waals surface area contributed by atoms with Crippen molar-refractivity contribution in [2.45, 2.75) is 12.5 Å². The molecule has 2 aliphatic rings. The van der Waals surface area contributed by atoms with E-state index in [0.29, 0.717) is 49.3 Å². The summed E-state index contributed by atoms with van der Waals surface area (Å²) >= 11 is 6.00. The second-order valence-electron chi connectivity index (χ2n) is 7.80. The van der Waals surface area contributed by atoms with Crippen LogP contribution in [0.3, 0.4) is 0 Å². The summed E-state index contributed by atoms with van der Waals surface area (Å²) in [5, 5.41) is 3.48. The first-order valence-corrected chi connectivity index (χ1v) is 10.9. The average Bonchev–Trinajstić information content (AvgIpc) is 3.21. The van der Waals surface area contributed by atoms with E-state index in [9.17, 15) is 9.59 Å². The number of rotatable bonds is 4. The van der Waals surface area contributed by atoms with E-state index in [-0.39, 0.29) is 18.0 Å². The number of nitrogens with one attached hydrogen (secondary N) is 1. The molecule has 0 unspecified atom stereocenters. The summed E-state index contributed by atoms with van der Waals surface area (Å²) in [6.07, 6.45) is 2.34. The van der Waals surface area contributed by atoms with Crippen molar-refractivity contribution in [3.8, 4) is 0 Å².